The molecule has 21 heavy (non-hydrogen) atoms. The van der Waals surface area contributed by atoms with E-state index in [-0.39, 0.29) is 6.04 Å². The maximum atomic E-state index is 9.35. The number of fused-ring (bicyclic) bond motifs is 1. The molecule has 1 aromatic carbocycles. The lowest BCUT2D eigenvalue weighted by atomic mass is 10.1. The number of anilines is 2. The molecule has 1 unspecified atom stereocenters. The van der Waals surface area contributed by atoms with Crippen molar-refractivity contribution in [2.24, 2.45) is 0 Å². The zero-order valence-corrected chi connectivity index (χ0v) is 12.3. The molecule has 1 aliphatic rings. The summed E-state index contributed by atoms with van der Waals surface area (Å²) < 4.78 is 0. The number of nitrogens with two attached hydrogens (primary N) is 1. The van der Waals surface area contributed by atoms with E-state index in [1.54, 1.807) is 0 Å². The number of nitrogens with one attached hydrogen (secondary N) is 1. The number of nitrogens with zero attached hydrogens (tertiary/aromatic N) is 2. The Hall–Kier alpha value is -2.54. The topological polar surface area (TPSA) is 74.7 Å². The Morgan fingerprint density at radius 1 is 1.33 bits per heavy atom. The van der Waals surface area contributed by atoms with Crippen LogP contribution in [0.5, 0.6) is 0 Å². The molecule has 0 saturated carbocycles. The summed E-state index contributed by atoms with van der Waals surface area (Å²) in [7, 11) is 0. The van der Waals surface area contributed by atoms with Crippen LogP contribution in [-0.2, 0) is 6.42 Å². The molecule has 1 heterocycles. The molecule has 0 saturated heterocycles. The third-order valence-corrected chi connectivity index (χ3v) is 4.01. The minimum atomic E-state index is 0.196. The van der Waals surface area contributed by atoms with Crippen LogP contribution >= 0.6 is 0 Å². The van der Waals surface area contributed by atoms with Crippen molar-refractivity contribution in [2.75, 3.05) is 11.1 Å². The Morgan fingerprint density at radius 3 is 2.90 bits per heavy atom. The first-order valence-electron chi connectivity index (χ1n) is 7.11. The fourth-order valence-corrected chi connectivity index (χ4v) is 3.03. The van der Waals surface area contributed by atoms with Crippen molar-refractivity contribution in [1.82, 2.24) is 4.98 Å². The zero-order chi connectivity index (χ0) is 15.0. The Balaban J connectivity index is 1.95. The lowest BCUT2D eigenvalue weighted by Crippen LogP contribution is -2.11. The Morgan fingerprint density at radius 2 is 2.14 bits per heavy atom. The van der Waals surface area contributed by atoms with Crippen molar-refractivity contribution in [3.05, 3.63) is 52.2 Å². The van der Waals surface area contributed by atoms with Crippen molar-refractivity contribution in [3.63, 3.8) is 0 Å². The monoisotopic (exact) mass is 278 g/mol. The van der Waals surface area contributed by atoms with Crippen LogP contribution in [0.4, 0.5) is 11.5 Å². The Bertz CT molecular complexity index is 743. The van der Waals surface area contributed by atoms with E-state index < -0.39 is 0 Å². The van der Waals surface area contributed by atoms with E-state index >= 15 is 0 Å². The lowest BCUT2D eigenvalue weighted by Gasteiger charge is -2.17. The molecule has 106 valence electrons. The number of rotatable bonds is 2. The predicted octanol–water partition coefficient (Wildman–Crippen LogP) is 3.25. The van der Waals surface area contributed by atoms with Crippen LogP contribution in [0, 0.1) is 25.2 Å². The van der Waals surface area contributed by atoms with Crippen LogP contribution in [-0.4, -0.2) is 4.98 Å². The molecule has 0 amide bonds. The van der Waals surface area contributed by atoms with Gasteiger partial charge in [-0.15, -0.1) is 0 Å². The van der Waals surface area contributed by atoms with Crippen LogP contribution in [0.25, 0.3) is 0 Å². The summed E-state index contributed by atoms with van der Waals surface area (Å²) in [5.74, 6) is 0.685. The molecular formula is C17H18N4. The molecule has 0 bridgehead atoms. The van der Waals surface area contributed by atoms with Gasteiger partial charge >= 0.3 is 0 Å². The third kappa shape index (κ3) is 2.43. The van der Waals surface area contributed by atoms with Crippen LogP contribution in [0.2, 0.25) is 0 Å². The second-order valence-corrected chi connectivity index (χ2v) is 5.61. The van der Waals surface area contributed by atoms with E-state index in [9.17, 15) is 5.26 Å². The smallest absolute Gasteiger partial charge is 0.144 e. The van der Waals surface area contributed by atoms with E-state index in [1.165, 1.54) is 11.1 Å². The molecule has 0 radical (unpaired) electrons. The number of benzene rings is 1. The minimum Gasteiger partial charge on any atom is -0.399 e. The summed E-state index contributed by atoms with van der Waals surface area (Å²) in [6.45, 7) is 3.89. The zero-order valence-electron chi connectivity index (χ0n) is 12.3. The van der Waals surface area contributed by atoms with Crippen molar-refractivity contribution < 1.29 is 0 Å². The Labute approximate surface area is 124 Å². The summed E-state index contributed by atoms with van der Waals surface area (Å²) in [5.41, 5.74) is 11.7. The number of nitrogen functional groups attached to an aromatic ring is 1. The molecular weight excluding hydrogens is 260 g/mol. The van der Waals surface area contributed by atoms with Gasteiger partial charge in [0.15, 0.2) is 0 Å². The summed E-state index contributed by atoms with van der Waals surface area (Å²) in [5, 5.41) is 12.8. The molecule has 1 atom stereocenters. The van der Waals surface area contributed by atoms with Crippen molar-refractivity contribution in [3.8, 4) is 6.07 Å². The van der Waals surface area contributed by atoms with Gasteiger partial charge in [0, 0.05) is 11.4 Å². The maximum absolute atomic E-state index is 9.35. The number of hydrogen-bond donors (Lipinski definition) is 2. The molecule has 4 heteroatoms. The Kier molecular flexibility index (Phi) is 3.26. The standard InChI is InChI=1S/C17H18N4/c1-10-7-11(2)20-17(15(10)9-18)21-16-6-3-12-8-13(19)4-5-14(12)16/h4-5,7-8,16H,3,6,19H2,1-2H3,(H,20,21). The quantitative estimate of drug-likeness (QED) is 0.827. The molecule has 4 nitrogen and oxygen atoms in total. The van der Waals surface area contributed by atoms with Gasteiger partial charge in [0.05, 0.1) is 11.6 Å². The predicted molar refractivity (Wildman–Crippen MR) is 84.0 cm³/mol. The van der Waals surface area contributed by atoms with Gasteiger partial charge in [0.1, 0.15) is 11.9 Å². The first-order chi connectivity index (χ1) is 10.1. The second kappa shape index (κ2) is 5.10. The van der Waals surface area contributed by atoms with Gasteiger partial charge in [0.25, 0.3) is 0 Å². The van der Waals surface area contributed by atoms with E-state index in [0.717, 1.165) is 29.8 Å². The van der Waals surface area contributed by atoms with Crippen LogP contribution < -0.4 is 11.1 Å². The number of nitriles is 1. The number of hydrogen-bond acceptors (Lipinski definition) is 4. The van der Waals surface area contributed by atoms with E-state index in [4.69, 9.17) is 5.73 Å². The van der Waals surface area contributed by atoms with Crippen LogP contribution in [0.1, 0.15) is 40.4 Å². The molecule has 0 fully saturated rings. The van der Waals surface area contributed by atoms with Gasteiger partial charge in [-0.3, -0.25) is 0 Å². The lowest BCUT2D eigenvalue weighted by molar-refractivity contribution is 0.756. The first-order valence-corrected chi connectivity index (χ1v) is 7.11. The van der Waals surface area contributed by atoms with Crippen molar-refractivity contribution in [2.45, 2.75) is 32.7 Å². The molecule has 3 rings (SSSR count). The average molecular weight is 278 g/mol. The highest BCUT2D eigenvalue weighted by Gasteiger charge is 2.24. The molecule has 2 aromatic rings. The highest BCUT2D eigenvalue weighted by Crippen LogP contribution is 2.35. The van der Waals surface area contributed by atoms with Gasteiger partial charge in [-0.1, -0.05) is 6.07 Å². The SMILES string of the molecule is Cc1cc(C)c(C#N)c(NC2CCc3cc(N)ccc32)n1. The summed E-state index contributed by atoms with van der Waals surface area (Å²) in [4.78, 5) is 4.50. The van der Waals surface area contributed by atoms with Gasteiger partial charge < -0.3 is 11.1 Å². The van der Waals surface area contributed by atoms with Crippen molar-refractivity contribution in [1.29, 1.82) is 5.26 Å². The van der Waals surface area contributed by atoms with E-state index in [0.29, 0.717) is 11.4 Å². The molecule has 1 aromatic heterocycles. The highest BCUT2D eigenvalue weighted by molar-refractivity contribution is 5.58. The van der Waals surface area contributed by atoms with E-state index in [1.807, 2.05) is 32.0 Å². The van der Waals surface area contributed by atoms with E-state index in [2.05, 4.69) is 22.4 Å². The van der Waals surface area contributed by atoms with Crippen LogP contribution in [0.15, 0.2) is 24.3 Å². The fraction of sp³-hybridized carbons (Fsp3) is 0.294. The fourth-order valence-electron chi connectivity index (χ4n) is 3.03. The number of aromatic nitrogens is 1. The van der Waals surface area contributed by atoms with Gasteiger partial charge in [-0.2, -0.15) is 5.26 Å². The third-order valence-electron chi connectivity index (χ3n) is 4.01. The molecule has 1 aliphatic carbocycles. The van der Waals surface area contributed by atoms with Crippen LogP contribution in [0.3, 0.4) is 0 Å². The molecule has 0 aliphatic heterocycles. The van der Waals surface area contributed by atoms with Gasteiger partial charge in [-0.25, -0.2) is 4.98 Å². The van der Waals surface area contributed by atoms with Gasteiger partial charge in [-0.05, 0) is 61.6 Å². The summed E-state index contributed by atoms with van der Waals surface area (Å²) >= 11 is 0. The molecule has 3 N–H and O–H groups in total. The average Bonchev–Trinajstić information content (AvgIpc) is 2.80. The normalized spacial score (nSPS) is 16.3. The largest absolute Gasteiger partial charge is 0.399 e. The first kappa shape index (κ1) is 13.4. The summed E-state index contributed by atoms with van der Waals surface area (Å²) in [6.07, 6.45) is 2.00. The second-order valence-electron chi connectivity index (χ2n) is 5.61. The highest BCUT2D eigenvalue weighted by atomic mass is 15.0. The minimum absolute atomic E-state index is 0.196. The molecule has 0 spiro atoms. The maximum Gasteiger partial charge on any atom is 0.144 e. The number of pyridine rings is 1. The van der Waals surface area contributed by atoms with Crippen molar-refractivity contribution >= 4 is 11.5 Å². The summed E-state index contributed by atoms with van der Waals surface area (Å²) in [6, 6.07) is 10.4. The van der Waals surface area contributed by atoms with Gasteiger partial charge in [0.2, 0.25) is 0 Å². The number of aryl methyl sites for hydroxylation is 3.